The van der Waals surface area contributed by atoms with Crippen molar-refractivity contribution in [2.24, 2.45) is 0 Å². The predicted molar refractivity (Wildman–Crippen MR) is 89.4 cm³/mol. The fourth-order valence-corrected chi connectivity index (χ4v) is 3.22. The largest absolute Gasteiger partial charge is 0.310 e. The molecule has 2 aromatic carbocycles. The lowest BCUT2D eigenvalue weighted by Crippen LogP contribution is -2.21. The molecule has 0 heterocycles. The van der Waals surface area contributed by atoms with Crippen LogP contribution in [-0.4, -0.2) is 6.04 Å². The van der Waals surface area contributed by atoms with Crippen LogP contribution in [0.3, 0.4) is 0 Å². The highest BCUT2D eigenvalue weighted by Crippen LogP contribution is 2.28. The SMILES string of the molecule is CC(C)NCc1cccc(SCc2c(F)cccc2Cl)c1. The van der Waals surface area contributed by atoms with Crippen LogP contribution in [0, 0.1) is 5.82 Å². The van der Waals surface area contributed by atoms with Gasteiger partial charge in [0.2, 0.25) is 0 Å². The van der Waals surface area contributed by atoms with Crippen LogP contribution in [0.2, 0.25) is 5.02 Å². The summed E-state index contributed by atoms with van der Waals surface area (Å²) in [6, 6.07) is 13.6. The Bertz CT molecular complexity index is 581. The first-order valence-electron chi connectivity index (χ1n) is 6.94. The van der Waals surface area contributed by atoms with Gasteiger partial charge in [0.05, 0.1) is 0 Å². The van der Waals surface area contributed by atoms with Crippen LogP contribution in [0.15, 0.2) is 47.4 Å². The van der Waals surface area contributed by atoms with E-state index in [1.807, 2.05) is 12.1 Å². The highest BCUT2D eigenvalue weighted by Gasteiger charge is 2.07. The molecule has 2 aromatic rings. The second-order valence-electron chi connectivity index (χ2n) is 5.17. The first-order chi connectivity index (χ1) is 10.1. The van der Waals surface area contributed by atoms with Gasteiger partial charge in [0.1, 0.15) is 5.82 Å². The summed E-state index contributed by atoms with van der Waals surface area (Å²) in [6.07, 6.45) is 0. The minimum absolute atomic E-state index is 0.243. The van der Waals surface area contributed by atoms with Crippen molar-refractivity contribution in [1.82, 2.24) is 5.32 Å². The van der Waals surface area contributed by atoms with E-state index in [9.17, 15) is 4.39 Å². The highest BCUT2D eigenvalue weighted by molar-refractivity contribution is 7.98. The summed E-state index contributed by atoms with van der Waals surface area (Å²) in [6.45, 7) is 5.09. The van der Waals surface area contributed by atoms with E-state index in [-0.39, 0.29) is 5.82 Å². The van der Waals surface area contributed by atoms with Gasteiger partial charge in [-0.25, -0.2) is 4.39 Å². The summed E-state index contributed by atoms with van der Waals surface area (Å²) in [5.74, 6) is 0.291. The lowest BCUT2D eigenvalue weighted by atomic mass is 10.2. The first kappa shape index (κ1) is 16.3. The van der Waals surface area contributed by atoms with E-state index in [1.165, 1.54) is 11.6 Å². The number of nitrogens with one attached hydrogen (secondary N) is 1. The molecule has 4 heteroatoms. The summed E-state index contributed by atoms with van der Waals surface area (Å²) in [4.78, 5) is 1.12. The topological polar surface area (TPSA) is 12.0 Å². The minimum atomic E-state index is -0.243. The van der Waals surface area contributed by atoms with E-state index in [0.29, 0.717) is 22.4 Å². The molecule has 1 nitrogen and oxygen atoms in total. The summed E-state index contributed by atoms with van der Waals surface area (Å²) in [5.41, 5.74) is 1.79. The zero-order valence-electron chi connectivity index (χ0n) is 12.2. The van der Waals surface area contributed by atoms with E-state index in [4.69, 9.17) is 11.6 Å². The van der Waals surface area contributed by atoms with Crippen molar-refractivity contribution in [3.8, 4) is 0 Å². The summed E-state index contributed by atoms with van der Waals surface area (Å²) >= 11 is 7.65. The molecule has 2 rings (SSSR count). The Morgan fingerprint density at radius 1 is 1.19 bits per heavy atom. The van der Waals surface area contributed by atoms with Crippen molar-refractivity contribution in [2.75, 3.05) is 0 Å². The molecule has 0 bridgehead atoms. The molecule has 1 N–H and O–H groups in total. The summed E-state index contributed by atoms with van der Waals surface area (Å²) in [7, 11) is 0. The molecule has 21 heavy (non-hydrogen) atoms. The molecule has 0 aliphatic carbocycles. The maximum Gasteiger partial charge on any atom is 0.128 e. The standard InChI is InChI=1S/C17H19ClFNS/c1-12(2)20-10-13-5-3-6-14(9-13)21-11-15-16(18)7-4-8-17(15)19/h3-9,12,20H,10-11H2,1-2H3. The van der Waals surface area contributed by atoms with Crippen molar-refractivity contribution < 1.29 is 4.39 Å². The Balaban J connectivity index is 2.01. The van der Waals surface area contributed by atoms with Crippen LogP contribution in [0.5, 0.6) is 0 Å². The molecule has 0 amide bonds. The van der Waals surface area contributed by atoms with Gasteiger partial charge < -0.3 is 5.32 Å². The molecule has 0 aromatic heterocycles. The molecule has 0 fully saturated rings. The van der Waals surface area contributed by atoms with Gasteiger partial charge in [0, 0.05) is 33.8 Å². The molecule has 0 radical (unpaired) electrons. The summed E-state index contributed by atoms with van der Waals surface area (Å²) in [5, 5.41) is 3.88. The quantitative estimate of drug-likeness (QED) is 0.727. The van der Waals surface area contributed by atoms with Crippen LogP contribution >= 0.6 is 23.4 Å². The molecule has 112 valence electrons. The Kier molecular flexibility index (Phi) is 6.09. The van der Waals surface area contributed by atoms with Gasteiger partial charge in [-0.05, 0) is 29.8 Å². The Morgan fingerprint density at radius 3 is 2.67 bits per heavy atom. The van der Waals surface area contributed by atoms with Crippen LogP contribution in [0.4, 0.5) is 4.39 Å². The number of benzene rings is 2. The summed E-state index contributed by atoms with van der Waals surface area (Å²) < 4.78 is 13.7. The Morgan fingerprint density at radius 2 is 1.95 bits per heavy atom. The first-order valence-corrected chi connectivity index (χ1v) is 8.30. The fraction of sp³-hybridized carbons (Fsp3) is 0.294. The zero-order chi connectivity index (χ0) is 15.2. The molecular formula is C17H19ClFNS. The number of thioether (sulfide) groups is 1. The smallest absolute Gasteiger partial charge is 0.128 e. The van der Waals surface area contributed by atoms with Crippen molar-refractivity contribution in [3.63, 3.8) is 0 Å². The Labute approximate surface area is 134 Å². The fourth-order valence-electron chi connectivity index (χ4n) is 1.89. The molecule has 0 spiro atoms. The van der Waals surface area contributed by atoms with Crippen LogP contribution in [0.1, 0.15) is 25.0 Å². The van der Waals surface area contributed by atoms with Crippen LogP contribution < -0.4 is 5.32 Å². The third-order valence-electron chi connectivity index (χ3n) is 3.06. The predicted octanol–water partition coefficient (Wildman–Crippen LogP) is 5.27. The lowest BCUT2D eigenvalue weighted by molar-refractivity contribution is 0.588. The third kappa shape index (κ3) is 5.03. The monoisotopic (exact) mass is 323 g/mol. The van der Waals surface area contributed by atoms with E-state index in [0.717, 1.165) is 11.4 Å². The van der Waals surface area contributed by atoms with Gasteiger partial charge in [0.15, 0.2) is 0 Å². The zero-order valence-corrected chi connectivity index (χ0v) is 13.8. The van der Waals surface area contributed by atoms with Crippen molar-refractivity contribution in [1.29, 1.82) is 0 Å². The van der Waals surface area contributed by atoms with Gasteiger partial charge in [-0.2, -0.15) is 0 Å². The second-order valence-corrected chi connectivity index (χ2v) is 6.63. The van der Waals surface area contributed by atoms with Crippen molar-refractivity contribution in [3.05, 3.63) is 64.4 Å². The highest BCUT2D eigenvalue weighted by atomic mass is 35.5. The average Bonchev–Trinajstić information content (AvgIpc) is 2.45. The maximum atomic E-state index is 13.7. The number of halogens is 2. The van der Waals surface area contributed by atoms with E-state index >= 15 is 0 Å². The second kappa shape index (κ2) is 7.83. The number of hydrogen-bond acceptors (Lipinski definition) is 2. The number of rotatable bonds is 6. The van der Waals surface area contributed by atoms with Gasteiger partial charge in [-0.1, -0.05) is 43.6 Å². The maximum absolute atomic E-state index is 13.7. The van der Waals surface area contributed by atoms with Gasteiger partial charge >= 0.3 is 0 Å². The van der Waals surface area contributed by atoms with E-state index in [1.54, 1.807) is 23.9 Å². The van der Waals surface area contributed by atoms with Crippen molar-refractivity contribution >= 4 is 23.4 Å². The lowest BCUT2D eigenvalue weighted by Gasteiger charge is -2.10. The molecule has 0 saturated heterocycles. The molecule has 0 aliphatic heterocycles. The van der Waals surface area contributed by atoms with Gasteiger partial charge in [-0.15, -0.1) is 11.8 Å². The number of hydrogen-bond donors (Lipinski definition) is 1. The molecule has 0 saturated carbocycles. The minimum Gasteiger partial charge on any atom is -0.310 e. The van der Waals surface area contributed by atoms with E-state index in [2.05, 4.69) is 31.3 Å². The normalized spacial score (nSPS) is 11.1. The molecule has 0 unspecified atom stereocenters. The molecule has 0 aliphatic rings. The molecular weight excluding hydrogens is 305 g/mol. The van der Waals surface area contributed by atoms with Crippen LogP contribution in [0.25, 0.3) is 0 Å². The Hall–Kier alpha value is -1.03. The molecule has 0 atom stereocenters. The van der Waals surface area contributed by atoms with Crippen molar-refractivity contribution in [2.45, 2.75) is 37.1 Å². The van der Waals surface area contributed by atoms with Gasteiger partial charge in [0.25, 0.3) is 0 Å². The van der Waals surface area contributed by atoms with Crippen LogP contribution in [-0.2, 0) is 12.3 Å². The average molecular weight is 324 g/mol. The van der Waals surface area contributed by atoms with Gasteiger partial charge in [-0.3, -0.25) is 0 Å². The third-order valence-corrected chi connectivity index (χ3v) is 4.43. The van der Waals surface area contributed by atoms with E-state index < -0.39 is 0 Å².